The summed E-state index contributed by atoms with van der Waals surface area (Å²) >= 11 is 0. The molecule has 0 saturated carbocycles. The van der Waals surface area contributed by atoms with E-state index >= 15 is 0 Å². The van der Waals surface area contributed by atoms with E-state index < -0.39 is 0 Å². The Balaban J connectivity index is 0.00000144. The zero-order valence-corrected chi connectivity index (χ0v) is 10.8. The predicted octanol–water partition coefficient (Wildman–Crippen LogP) is 0.606. The van der Waals surface area contributed by atoms with Gasteiger partial charge < -0.3 is 15.4 Å². The third kappa shape index (κ3) is 4.11. The molecule has 0 spiro atoms. The van der Waals surface area contributed by atoms with Crippen LogP contribution in [-0.4, -0.2) is 36.7 Å². The number of hydrogen-bond donors (Lipinski definition) is 2. The minimum absolute atomic E-state index is 0. The summed E-state index contributed by atoms with van der Waals surface area (Å²) in [6.07, 6.45) is 4.59. The van der Waals surface area contributed by atoms with Gasteiger partial charge in [-0.1, -0.05) is 0 Å². The topological polar surface area (TPSA) is 59.1 Å². The van der Waals surface area contributed by atoms with Crippen molar-refractivity contribution in [2.75, 3.05) is 26.7 Å². The number of aromatic nitrogens is 2. The van der Waals surface area contributed by atoms with Crippen LogP contribution in [0.25, 0.3) is 0 Å². The second-order valence-corrected chi connectivity index (χ2v) is 4.00. The van der Waals surface area contributed by atoms with Crippen molar-refractivity contribution in [2.24, 2.45) is 5.92 Å². The lowest BCUT2D eigenvalue weighted by atomic mass is 10.1. The summed E-state index contributed by atoms with van der Waals surface area (Å²) in [7, 11) is 1.62. The van der Waals surface area contributed by atoms with Gasteiger partial charge in [0.15, 0.2) is 0 Å². The van der Waals surface area contributed by atoms with Gasteiger partial charge in [0, 0.05) is 18.9 Å². The van der Waals surface area contributed by atoms with Gasteiger partial charge >= 0.3 is 0 Å². The molecule has 0 radical (unpaired) electrons. The Labute approximate surface area is 108 Å². The number of nitrogens with zero attached hydrogens (tertiary/aromatic N) is 2. The van der Waals surface area contributed by atoms with Crippen molar-refractivity contribution < 1.29 is 4.74 Å². The Bertz CT molecular complexity index is 331. The Morgan fingerprint density at radius 2 is 2.29 bits per heavy atom. The minimum atomic E-state index is 0. The van der Waals surface area contributed by atoms with E-state index in [4.69, 9.17) is 4.74 Å². The molecule has 1 aromatic heterocycles. The normalized spacial score (nSPS) is 18.8. The molecule has 6 heteroatoms. The molecule has 96 valence electrons. The molecule has 1 atom stereocenters. The third-order valence-corrected chi connectivity index (χ3v) is 2.82. The van der Waals surface area contributed by atoms with E-state index in [1.807, 2.05) is 0 Å². The molecule has 1 fully saturated rings. The molecule has 2 N–H and O–H groups in total. The van der Waals surface area contributed by atoms with Gasteiger partial charge in [-0.15, -0.1) is 12.4 Å². The van der Waals surface area contributed by atoms with Crippen LogP contribution >= 0.6 is 12.4 Å². The molecule has 0 amide bonds. The average molecular weight is 259 g/mol. The fourth-order valence-corrected chi connectivity index (χ4v) is 1.93. The van der Waals surface area contributed by atoms with Gasteiger partial charge in [-0.2, -0.15) is 0 Å². The van der Waals surface area contributed by atoms with Crippen LogP contribution in [0.3, 0.4) is 0 Å². The number of hydrogen-bond acceptors (Lipinski definition) is 5. The van der Waals surface area contributed by atoms with Crippen LogP contribution < -0.4 is 15.4 Å². The Morgan fingerprint density at radius 3 is 3.00 bits per heavy atom. The highest BCUT2D eigenvalue weighted by atomic mass is 35.5. The van der Waals surface area contributed by atoms with Crippen LogP contribution in [-0.2, 0) is 6.54 Å². The molecule has 5 nitrogen and oxygen atoms in total. The first-order chi connectivity index (χ1) is 7.90. The molecule has 1 unspecified atom stereocenters. The number of rotatable bonds is 5. The number of methoxy groups -OCH3 is 1. The number of ether oxygens (including phenoxy) is 1. The Morgan fingerprint density at radius 1 is 1.47 bits per heavy atom. The second kappa shape index (κ2) is 7.42. The summed E-state index contributed by atoms with van der Waals surface area (Å²) in [5.74, 6) is 1.35. The van der Waals surface area contributed by atoms with Crippen LogP contribution in [0, 0.1) is 5.92 Å². The van der Waals surface area contributed by atoms with E-state index in [0.717, 1.165) is 31.2 Å². The first-order valence-electron chi connectivity index (χ1n) is 5.65. The van der Waals surface area contributed by atoms with Crippen molar-refractivity contribution >= 4 is 12.4 Å². The maximum atomic E-state index is 5.14. The number of nitrogens with one attached hydrogen (secondary N) is 2. The van der Waals surface area contributed by atoms with Crippen molar-refractivity contribution in [2.45, 2.75) is 13.0 Å². The standard InChI is InChI=1S/C11H18N4O.ClH/c1-16-11-10(14-4-5-15-11)8-13-7-9-2-3-12-6-9;/h4-5,9,12-13H,2-3,6-8H2,1H3;1H. The van der Waals surface area contributed by atoms with Gasteiger partial charge in [0.2, 0.25) is 5.88 Å². The van der Waals surface area contributed by atoms with Crippen molar-refractivity contribution in [3.63, 3.8) is 0 Å². The average Bonchev–Trinajstić information content (AvgIpc) is 2.83. The molecule has 17 heavy (non-hydrogen) atoms. The summed E-state index contributed by atoms with van der Waals surface area (Å²) in [5, 5.41) is 6.75. The van der Waals surface area contributed by atoms with Gasteiger partial charge in [-0.05, 0) is 32.0 Å². The summed E-state index contributed by atoms with van der Waals surface area (Å²) in [5.41, 5.74) is 0.871. The number of halogens is 1. The molecule has 2 heterocycles. The highest BCUT2D eigenvalue weighted by Crippen LogP contribution is 2.10. The zero-order chi connectivity index (χ0) is 11.2. The summed E-state index contributed by atoms with van der Waals surface area (Å²) in [6, 6.07) is 0. The highest BCUT2D eigenvalue weighted by molar-refractivity contribution is 5.85. The van der Waals surface area contributed by atoms with Crippen LogP contribution in [0.4, 0.5) is 0 Å². The zero-order valence-electron chi connectivity index (χ0n) is 9.98. The third-order valence-electron chi connectivity index (χ3n) is 2.82. The Kier molecular flexibility index (Phi) is 6.18. The molecule has 0 bridgehead atoms. The van der Waals surface area contributed by atoms with Gasteiger partial charge in [-0.25, -0.2) is 4.98 Å². The molecule has 0 aliphatic carbocycles. The van der Waals surface area contributed by atoms with E-state index in [2.05, 4.69) is 20.6 Å². The molecule has 2 rings (SSSR count). The Hall–Kier alpha value is -0.910. The molecule has 1 aliphatic heterocycles. The lowest BCUT2D eigenvalue weighted by molar-refractivity contribution is 0.385. The van der Waals surface area contributed by atoms with E-state index in [-0.39, 0.29) is 12.4 Å². The van der Waals surface area contributed by atoms with Crippen LogP contribution in [0.1, 0.15) is 12.1 Å². The fraction of sp³-hybridized carbons (Fsp3) is 0.636. The maximum Gasteiger partial charge on any atom is 0.236 e. The molecule has 1 saturated heterocycles. The van der Waals surface area contributed by atoms with Crippen LogP contribution in [0.2, 0.25) is 0 Å². The first-order valence-corrected chi connectivity index (χ1v) is 5.65. The monoisotopic (exact) mass is 258 g/mol. The maximum absolute atomic E-state index is 5.14. The van der Waals surface area contributed by atoms with Crippen LogP contribution in [0.5, 0.6) is 5.88 Å². The lowest BCUT2D eigenvalue weighted by Crippen LogP contribution is -2.24. The first kappa shape index (κ1) is 14.2. The largest absolute Gasteiger partial charge is 0.480 e. The van der Waals surface area contributed by atoms with Gasteiger partial charge in [0.1, 0.15) is 5.69 Å². The highest BCUT2D eigenvalue weighted by Gasteiger charge is 2.14. The van der Waals surface area contributed by atoms with E-state index in [1.54, 1.807) is 19.5 Å². The van der Waals surface area contributed by atoms with Crippen molar-refractivity contribution in [1.82, 2.24) is 20.6 Å². The smallest absolute Gasteiger partial charge is 0.236 e. The quantitative estimate of drug-likeness (QED) is 0.810. The van der Waals surface area contributed by atoms with Gasteiger partial charge in [0.25, 0.3) is 0 Å². The molecule has 0 aromatic carbocycles. The second-order valence-electron chi connectivity index (χ2n) is 4.00. The van der Waals surface area contributed by atoms with Crippen LogP contribution in [0.15, 0.2) is 12.4 Å². The van der Waals surface area contributed by atoms with Gasteiger partial charge in [0.05, 0.1) is 7.11 Å². The molecule has 1 aliphatic rings. The lowest BCUT2D eigenvalue weighted by Gasteiger charge is -2.10. The van der Waals surface area contributed by atoms with E-state index in [0.29, 0.717) is 12.4 Å². The molecular weight excluding hydrogens is 240 g/mol. The van der Waals surface area contributed by atoms with E-state index in [9.17, 15) is 0 Å². The van der Waals surface area contributed by atoms with E-state index in [1.165, 1.54) is 6.42 Å². The fourth-order valence-electron chi connectivity index (χ4n) is 1.93. The molecule has 1 aromatic rings. The van der Waals surface area contributed by atoms with Crippen molar-refractivity contribution in [3.05, 3.63) is 18.1 Å². The predicted molar refractivity (Wildman–Crippen MR) is 68.5 cm³/mol. The van der Waals surface area contributed by atoms with Crippen molar-refractivity contribution in [3.8, 4) is 5.88 Å². The van der Waals surface area contributed by atoms with Crippen molar-refractivity contribution in [1.29, 1.82) is 0 Å². The minimum Gasteiger partial charge on any atom is -0.480 e. The summed E-state index contributed by atoms with van der Waals surface area (Å²) in [6.45, 7) is 3.99. The summed E-state index contributed by atoms with van der Waals surface area (Å²) < 4.78 is 5.14. The SMILES string of the molecule is COc1nccnc1CNCC1CCNC1.Cl. The molecular formula is C11H19ClN4O. The van der Waals surface area contributed by atoms with Gasteiger partial charge in [-0.3, -0.25) is 4.98 Å². The summed E-state index contributed by atoms with van der Waals surface area (Å²) in [4.78, 5) is 8.36.